The van der Waals surface area contributed by atoms with Crippen molar-refractivity contribution >= 4 is 0 Å². The van der Waals surface area contributed by atoms with Gasteiger partial charge in [0.2, 0.25) is 0 Å². The molecule has 0 spiro atoms. The summed E-state index contributed by atoms with van der Waals surface area (Å²) >= 11 is 0. The van der Waals surface area contributed by atoms with Crippen molar-refractivity contribution in [2.45, 2.75) is 31.7 Å². The molecule has 1 N–H and O–H groups in total. The first-order valence-corrected chi connectivity index (χ1v) is 6.28. The third kappa shape index (κ3) is 3.98. The highest BCUT2D eigenvalue weighted by atomic mass is 16.5. The molecular weight excluding hydrogens is 232 g/mol. The molecule has 1 aromatic carbocycles. The molecule has 1 saturated heterocycles. The molecule has 18 heavy (non-hydrogen) atoms. The van der Waals surface area contributed by atoms with Gasteiger partial charge in [0.15, 0.2) is 0 Å². The van der Waals surface area contributed by atoms with Gasteiger partial charge in [-0.05, 0) is 24.1 Å². The van der Waals surface area contributed by atoms with Crippen LogP contribution in [0.1, 0.15) is 18.4 Å². The Labute approximate surface area is 107 Å². The fourth-order valence-electron chi connectivity index (χ4n) is 2.05. The predicted molar refractivity (Wildman–Crippen MR) is 67.6 cm³/mol. The van der Waals surface area contributed by atoms with Crippen LogP contribution in [0.15, 0.2) is 24.3 Å². The van der Waals surface area contributed by atoms with Gasteiger partial charge in [-0.15, -0.1) is 0 Å². The molecular formula is C14H20O4. The minimum Gasteiger partial charge on any atom is -0.497 e. The van der Waals surface area contributed by atoms with Crippen LogP contribution in [0.5, 0.6) is 5.75 Å². The second-order valence-corrected chi connectivity index (χ2v) is 4.54. The largest absolute Gasteiger partial charge is 0.497 e. The summed E-state index contributed by atoms with van der Waals surface area (Å²) in [5, 5.41) is 9.51. The summed E-state index contributed by atoms with van der Waals surface area (Å²) in [6.45, 7) is 1.68. The lowest BCUT2D eigenvalue weighted by Gasteiger charge is -2.26. The van der Waals surface area contributed by atoms with E-state index in [2.05, 4.69) is 0 Å². The molecule has 1 heterocycles. The first-order chi connectivity index (χ1) is 8.78. The highest BCUT2D eigenvalue weighted by Crippen LogP contribution is 2.16. The van der Waals surface area contributed by atoms with Gasteiger partial charge >= 0.3 is 0 Å². The van der Waals surface area contributed by atoms with Crippen LogP contribution in [0, 0.1) is 0 Å². The average molecular weight is 252 g/mol. The Balaban J connectivity index is 1.74. The topological polar surface area (TPSA) is 47.9 Å². The molecule has 4 nitrogen and oxygen atoms in total. The number of hydrogen-bond donors (Lipinski definition) is 1. The van der Waals surface area contributed by atoms with Crippen molar-refractivity contribution in [2.75, 3.05) is 20.3 Å². The Morgan fingerprint density at radius 3 is 3.11 bits per heavy atom. The number of hydrogen-bond acceptors (Lipinski definition) is 4. The highest BCUT2D eigenvalue weighted by Gasteiger charge is 2.20. The fourth-order valence-corrected chi connectivity index (χ4v) is 2.05. The maximum absolute atomic E-state index is 9.51. The van der Waals surface area contributed by atoms with Gasteiger partial charge in [0.1, 0.15) is 5.75 Å². The summed E-state index contributed by atoms with van der Waals surface area (Å²) in [6.07, 6.45) is 1.16. The minimum atomic E-state index is -0.246. The standard InChI is InChI=1S/C14H20O4/c1-16-13-4-2-3-11(7-13)9-17-10-14-8-12(15)5-6-18-14/h2-4,7,12,14-15H,5-6,8-10H2,1H3. The smallest absolute Gasteiger partial charge is 0.119 e. The Hall–Kier alpha value is -1.10. The Bertz CT molecular complexity index is 367. The van der Waals surface area contributed by atoms with E-state index in [1.54, 1.807) is 7.11 Å². The maximum Gasteiger partial charge on any atom is 0.119 e. The van der Waals surface area contributed by atoms with Gasteiger partial charge in [-0.3, -0.25) is 0 Å². The highest BCUT2D eigenvalue weighted by molar-refractivity contribution is 5.27. The van der Waals surface area contributed by atoms with Gasteiger partial charge in [0, 0.05) is 13.0 Å². The van der Waals surface area contributed by atoms with Crippen molar-refractivity contribution in [3.63, 3.8) is 0 Å². The summed E-state index contributed by atoms with van der Waals surface area (Å²) in [5.74, 6) is 0.834. The molecule has 0 aromatic heterocycles. The maximum atomic E-state index is 9.51. The molecule has 2 unspecified atom stereocenters. The van der Waals surface area contributed by atoms with Crippen LogP contribution in [0.2, 0.25) is 0 Å². The SMILES string of the molecule is COc1cccc(COCC2CC(O)CCO2)c1. The summed E-state index contributed by atoms with van der Waals surface area (Å²) < 4.78 is 16.3. The van der Waals surface area contributed by atoms with Crippen molar-refractivity contribution in [1.82, 2.24) is 0 Å². The lowest BCUT2D eigenvalue weighted by Crippen LogP contribution is -2.32. The molecule has 0 amide bonds. The second kappa shape index (κ2) is 6.73. The number of aliphatic hydroxyl groups is 1. The van der Waals surface area contributed by atoms with Gasteiger partial charge < -0.3 is 19.3 Å². The molecule has 0 aliphatic carbocycles. The molecule has 1 aliphatic rings. The number of ether oxygens (including phenoxy) is 3. The lowest BCUT2D eigenvalue weighted by molar-refractivity contribution is -0.0811. The number of aliphatic hydroxyl groups excluding tert-OH is 1. The average Bonchev–Trinajstić information content (AvgIpc) is 2.39. The monoisotopic (exact) mass is 252 g/mol. The molecule has 0 radical (unpaired) electrons. The van der Waals surface area contributed by atoms with Crippen LogP contribution in [-0.2, 0) is 16.1 Å². The van der Waals surface area contributed by atoms with E-state index in [1.165, 1.54) is 0 Å². The van der Waals surface area contributed by atoms with E-state index in [1.807, 2.05) is 24.3 Å². The van der Waals surface area contributed by atoms with Gasteiger partial charge in [-0.1, -0.05) is 12.1 Å². The minimum absolute atomic E-state index is 0.0133. The van der Waals surface area contributed by atoms with Gasteiger partial charge in [-0.25, -0.2) is 0 Å². The normalized spacial score (nSPS) is 23.9. The number of benzene rings is 1. The molecule has 4 heteroatoms. The lowest BCUT2D eigenvalue weighted by atomic mass is 10.1. The number of rotatable bonds is 5. The zero-order valence-electron chi connectivity index (χ0n) is 10.7. The predicted octanol–water partition coefficient (Wildman–Crippen LogP) is 1.75. The van der Waals surface area contributed by atoms with Crippen molar-refractivity contribution < 1.29 is 19.3 Å². The zero-order chi connectivity index (χ0) is 12.8. The number of methoxy groups -OCH3 is 1. The summed E-state index contributed by atoms with van der Waals surface area (Å²) in [7, 11) is 1.65. The van der Waals surface area contributed by atoms with Crippen LogP contribution in [-0.4, -0.2) is 37.6 Å². The van der Waals surface area contributed by atoms with Gasteiger partial charge in [0.05, 0.1) is 32.5 Å². The first kappa shape index (κ1) is 13.3. The Morgan fingerprint density at radius 1 is 1.44 bits per heavy atom. The van der Waals surface area contributed by atoms with Crippen molar-refractivity contribution in [2.24, 2.45) is 0 Å². The van der Waals surface area contributed by atoms with Crippen molar-refractivity contribution in [1.29, 1.82) is 0 Å². The van der Waals surface area contributed by atoms with E-state index < -0.39 is 0 Å². The van der Waals surface area contributed by atoms with E-state index in [9.17, 15) is 5.11 Å². The first-order valence-electron chi connectivity index (χ1n) is 6.28. The summed E-state index contributed by atoms with van der Waals surface area (Å²) in [4.78, 5) is 0. The third-order valence-corrected chi connectivity index (χ3v) is 3.05. The molecule has 2 atom stereocenters. The van der Waals surface area contributed by atoms with Gasteiger partial charge in [-0.2, -0.15) is 0 Å². The molecule has 1 fully saturated rings. The van der Waals surface area contributed by atoms with Crippen LogP contribution >= 0.6 is 0 Å². The molecule has 100 valence electrons. The third-order valence-electron chi connectivity index (χ3n) is 3.05. The van der Waals surface area contributed by atoms with E-state index in [4.69, 9.17) is 14.2 Å². The van der Waals surface area contributed by atoms with Crippen LogP contribution < -0.4 is 4.74 Å². The fraction of sp³-hybridized carbons (Fsp3) is 0.571. The van der Waals surface area contributed by atoms with E-state index in [0.717, 1.165) is 17.7 Å². The van der Waals surface area contributed by atoms with Crippen LogP contribution in [0.4, 0.5) is 0 Å². The van der Waals surface area contributed by atoms with E-state index >= 15 is 0 Å². The summed E-state index contributed by atoms with van der Waals surface area (Å²) in [5.41, 5.74) is 1.07. The molecule has 1 aliphatic heterocycles. The Morgan fingerprint density at radius 2 is 2.33 bits per heavy atom. The van der Waals surface area contributed by atoms with E-state index in [0.29, 0.717) is 26.2 Å². The zero-order valence-corrected chi connectivity index (χ0v) is 10.7. The van der Waals surface area contributed by atoms with Gasteiger partial charge in [0.25, 0.3) is 0 Å². The second-order valence-electron chi connectivity index (χ2n) is 4.54. The van der Waals surface area contributed by atoms with Crippen LogP contribution in [0.25, 0.3) is 0 Å². The van der Waals surface area contributed by atoms with Crippen LogP contribution in [0.3, 0.4) is 0 Å². The quantitative estimate of drug-likeness (QED) is 0.867. The molecule has 2 rings (SSSR count). The molecule has 0 bridgehead atoms. The molecule has 1 aromatic rings. The van der Waals surface area contributed by atoms with E-state index in [-0.39, 0.29) is 12.2 Å². The van der Waals surface area contributed by atoms with Crippen molar-refractivity contribution in [3.8, 4) is 5.75 Å². The summed E-state index contributed by atoms with van der Waals surface area (Å²) in [6, 6.07) is 7.80. The Kier molecular flexibility index (Phi) is 4.99. The molecule has 0 saturated carbocycles. The van der Waals surface area contributed by atoms with Crippen molar-refractivity contribution in [3.05, 3.63) is 29.8 Å².